The molecular formula is C11H11N3O4S. The number of hydrogen-bond donors (Lipinski definition) is 2. The van der Waals surface area contributed by atoms with E-state index in [0.717, 1.165) is 5.56 Å². The number of rotatable bonds is 4. The molecule has 19 heavy (non-hydrogen) atoms. The van der Waals surface area contributed by atoms with Gasteiger partial charge in [0.1, 0.15) is 0 Å². The topological polar surface area (TPSA) is 93.3 Å². The lowest BCUT2D eigenvalue weighted by Gasteiger charge is -2.07. The van der Waals surface area contributed by atoms with Crippen LogP contribution < -0.4 is 14.2 Å². The van der Waals surface area contributed by atoms with Gasteiger partial charge in [-0.25, -0.2) is 18.1 Å². The average Bonchev–Trinajstić information content (AvgIpc) is 3.07. The minimum atomic E-state index is -3.60. The summed E-state index contributed by atoms with van der Waals surface area (Å²) in [4.78, 5) is 6.23. The molecule has 8 heteroatoms. The van der Waals surface area contributed by atoms with Gasteiger partial charge in [-0.05, 0) is 6.07 Å². The number of aromatic amines is 1. The predicted molar refractivity (Wildman–Crippen MR) is 65.2 cm³/mol. The van der Waals surface area contributed by atoms with Gasteiger partial charge in [0.2, 0.25) is 6.79 Å². The molecule has 1 aliphatic rings. The standard InChI is InChI=1S/C11H11N3O4S/c15-19(16,10-5-12-6-13-10)14-4-8-2-1-3-9-11(8)18-7-17-9/h1-3,5-6,14H,4,7H2,(H,12,13). The Balaban J connectivity index is 1.79. The number of hydrogen-bond acceptors (Lipinski definition) is 5. The highest BCUT2D eigenvalue weighted by Crippen LogP contribution is 2.35. The Hall–Kier alpha value is -2.06. The first-order chi connectivity index (χ1) is 9.17. The number of para-hydroxylation sites is 1. The summed E-state index contributed by atoms with van der Waals surface area (Å²) in [7, 11) is -3.60. The highest BCUT2D eigenvalue weighted by Gasteiger charge is 2.20. The summed E-state index contributed by atoms with van der Waals surface area (Å²) < 4.78 is 36.8. The van der Waals surface area contributed by atoms with Crippen LogP contribution in [-0.2, 0) is 16.6 Å². The van der Waals surface area contributed by atoms with Crippen LogP contribution in [0.3, 0.4) is 0 Å². The maximum Gasteiger partial charge on any atom is 0.257 e. The van der Waals surface area contributed by atoms with Gasteiger partial charge in [-0.3, -0.25) is 0 Å². The van der Waals surface area contributed by atoms with Crippen LogP contribution in [0.1, 0.15) is 5.56 Å². The van der Waals surface area contributed by atoms with Crippen LogP contribution in [0, 0.1) is 0 Å². The number of H-pyrrole nitrogens is 1. The van der Waals surface area contributed by atoms with E-state index in [9.17, 15) is 8.42 Å². The number of benzene rings is 1. The van der Waals surface area contributed by atoms with Gasteiger partial charge >= 0.3 is 0 Å². The van der Waals surface area contributed by atoms with Crippen LogP contribution in [0.25, 0.3) is 0 Å². The maximum atomic E-state index is 11.9. The van der Waals surface area contributed by atoms with Gasteiger partial charge in [0.05, 0.1) is 12.5 Å². The smallest absolute Gasteiger partial charge is 0.257 e. The van der Waals surface area contributed by atoms with E-state index in [1.54, 1.807) is 18.2 Å². The summed E-state index contributed by atoms with van der Waals surface area (Å²) in [6.07, 6.45) is 2.56. The lowest BCUT2D eigenvalue weighted by atomic mass is 10.2. The molecule has 0 aliphatic carbocycles. The van der Waals surface area contributed by atoms with E-state index in [-0.39, 0.29) is 18.4 Å². The minimum Gasteiger partial charge on any atom is -0.454 e. The lowest BCUT2D eigenvalue weighted by molar-refractivity contribution is 0.173. The summed E-state index contributed by atoms with van der Waals surface area (Å²) in [5.41, 5.74) is 0.720. The lowest BCUT2D eigenvalue weighted by Crippen LogP contribution is -2.23. The van der Waals surface area contributed by atoms with Crippen molar-refractivity contribution >= 4 is 10.0 Å². The van der Waals surface area contributed by atoms with Gasteiger partial charge in [0, 0.05) is 12.1 Å². The van der Waals surface area contributed by atoms with Crippen molar-refractivity contribution in [1.29, 1.82) is 0 Å². The van der Waals surface area contributed by atoms with E-state index >= 15 is 0 Å². The number of imidazole rings is 1. The molecular weight excluding hydrogens is 270 g/mol. The summed E-state index contributed by atoms with van der Waals surface area (Å²) in [5, 5.41) is 0.0252. The second-order valence-corrected chi connectivity index (χ2v) is 5.63. The molecule has 3 rings (SSSR count). The van der Waals surface area contributed by atoms with E-state index < -0.39 is 10.0 Å². The third-order valence-electron chi connectivity index (χ3n) is 2.69. The maximum absolute atomic E-state index is 11.9. The van der Waals surface area contributed by atoms with Crippen LogP contribution >= 0.6 is 0 Å². The monoisotopic (exact) mass is 281 g/mol. The molecule has 1 aromatic heterocycles. The highest BCUT2D eigenvalue weighted by molar-refractivity contribution is 7.89. The summed E-state index contributed by atoms with van der Waals surface area (Å²) in [5.74, 6) is 1.20. The third kappa shape index (κ3) is 2.27. The molecule has 7 nitrogen and oxygen atoms in total. The van der Waals surface area contributed by atoms with Gasteiger partial charge in [0.25, 0.3) is 10.0 Å². The van der Waals surface area contributed by atoms with Crippen LogP contribution in [0.5, 0.6) is 11.5 Å². The van der Waals surface area contributed by atoms with Crippen molar-refractivity contribution < 1.29 is 17.9 Å². The number of ether oxygens (including phenoxy) is 2. The Labute approximate surface area is 109 Å². The van der Waals surface area contributed by atoms with Crippen molar-refractivity contribution in [2.24, 2.45) is 0 Å². The Bertz CT molecular complexity index is 682. The molecule has 0 radical (unpaired) electrons. The fourth-order valence-electron chi connectivity index (χ4n) is 1.77. The van der Waals surface area contributed by atoms with E-state index in [1.165, 1.54) is 12.5 Å². The molecule has 0 amide bonds. The molecule has 1 aliphatic heterocycles. The molecule has 0 fully saturated rings. The third-order valence-corrected chi connectivity index (χ3v) is 4.02. The molecule has 0 atom stereocenters. The van der Waals surface area contributed by atoms with Gasteiger partial charge in [0.15, 0.2) is 16.5 Å². The second-order valence-electron chi connectivity index (χ2n) is 3.89. The number of fused-ring (bicyclic) bond motifs is 1. The fourth-order valence-corrected chi connectivity index (χ4v) is 2.68. The van der Waals surface area contributed by atoms with Gasteiger partial charge < -0.3 is 14.5 Å². The highest BCUT2D eigenvalue weighted by atomic mass is 32.2. The molecule has 0 saturated carbocycles. The molecule has 2 heterocycles. The molecule has 0 unspecified atom stereocenters. The van der Waals surface area contributed by atoms with Crippen molar-refractivity contribution in [3.05, 3.63) is 36.3 Å². The Morgan fingerprint density at radius 1 is 1.37 bits per heavy atom. The van der Waals surface area contributed by atoms with Gasteiger partial charge in [-0.2, -0.15) is 0 Å². The van der Waals surface area contributed by atoms with E-state index in [1.807, 2.05) is 0 Å². The van der Waals surface area contributed by atoms with E-state index in [0.29, 0.717) is 11.5 Å². The van der Waals surface area contributed by atoms with Crippen molar-refractivity contribution in [3.8, 4) is 11.5 Å². The zero-order chi connectivity index (χ0) is 13.3. The largest absolute Gasteiger partial charge is 0.454 e. The van der Waals surface area contributed by atoms with Crippen molar-refractivity contribution in [2.75, 3.05) is 6.79 Å². The van der Waals surface area contributed by atoms with E-state index in [4.69, 9.17) is 9.47 Å². The number of nitrogens with zero attached hydrogens (tertiary/aromatic N) is 1. The number of sulfonamides is 1. The molecule has 0 bridgehead atoms. The predicted octanol–water partition coefficient (Wildman–Crippen LogP) is 0.617. The molecule has 2 aromatic rings. The zero-order valence-electron chi connectivity index (χ0n) is 9.79. The van der Waals surface area contributed by atoms with E-state index in [2.05, 4.69) is 14.7 Å². The quantitative estimate of drug-likeness (QED) is 0.856. The first-order valence-corrected chi connectivity index (χ1v) is 7.01. The van der Waals surface area contributed by atoms with Crippen LogP contribution in [0.4, 0.5) is 0 Å². The van der Waals surface area contributed by atoms with Crippen molar-refractivity contribution in [3.63, 3.8) is 0 Å². The second kappa shape index (κ2) is 4.56. The van der Waals surface area contributed by atoms with Crippen molar-refractivity contribution in [1.82, 2.24) is 14.7 Å². The van der Waals surface area contributed by atoms with Gasteiger partial charge in [-0.15, -0.1) is 0 Å². The molecule has 1 aromatic carbocycles. The summed E-state index contributed by atoms with van der Waals surface area (Å²) in [6, 6.07) is 5.34. The molecule has 2 N–H and O–H groups in total. The average molecular weight is 281 g/mol. The summed E-state index contributed by atoms with van der Waals surface area (Å²) >= 11 is 0. The summed E-state index contributed by atoms with van der Waals surface area (Å²) in [6.45, 7) is 0.271. The Morgan fingerprint density at radius 3 is 3.05 bits per heavy atom. The van der Waals surface area contributed by atoms with Gasteiger partial charge in [-0.1, -0.05) is 12.1 Å². The SMILES string of the molecule is O=S(=O)(NCc1cccc2c1OCO2)c1cnc[nH]1. The number of aromatic nitrogens is 2. The number of nitrogens with one attached hydrogen (secondary N) is 2. The van der Waals surface area contributed by atoms with Crippen LogP contribution in [-0.4, -0.2) is 25.2 Å². The normalized spacial score (nSPS) is 13.7. The first kappa shape index (κ1) is 12.0. The first-order valence-electron chi connectivity index (χ1n) is 5.52. The Kier molecular flexibility index (Phi) is 2.88. The molecule has 100 valence electrons. The van der Waals surface area contributed by atoms with Crippen LogP contribution in [0.2, 0.25) is 0 Å². The van der Waals surface area contributed by atoms with Crippen LogP contribution in [0.15, 0.2) is 35.7 Å². The Morgan fingerprint density at radius 2 is 2.26 bits per heavy atom. The van der Waals surface area contributed by atoms with Crippen molar-refractivity contribution in [2.45, 2.75) is 11.6 Å². The molecule has 0 spiro atoms. The fraction of sp³-hybridized carbons (Fsp3) is 0.182. The molecule has 0 saturated heterocycles. The minimum absolute atomic E-state index is 0.0252. The zero-order valence-corrected chi connectivity index (χ0v) is 10.6.